The molecule has 0 heterocycles. The minimum Gasteiger partial charge on any atom is -0.492 e. The van der Waals surface area contributed by atoms with Gasteiger partial charge in [0, 0.05) is 11.1 Å². The summed E-state index contributed by atoms with van der Waals surface area (Å²) in [6.07, 6.45) is 0. The third-order valence-electron chi connectivity index (χ3n) is 3.52. The van der Waals surface area contributed by atoms with Crippen LogP contribution in [0.4, 0.5) is 8.78 Å². The van der Waals surface area contributed by atoms with Gasteiger partial charge in [0.15, 0.2) is 11.6 Å². The molecule has 0 saturated heterocycles. The Bertz CT molecular complexity index is 711. The summed E-state index contributed by atoms with van der Waals surface area (Å²) in [6.45, 7) is 2.50. The monoisotopic (exact) mass is 368 g/mol. The summed E-state index contributed by atoms with van der Waals surface area (Å²) in [5.74, 6) is -1.35. The highest BCUT2D eigenvalue weighted by molar-refractivity contribution is 6.30. The van der Waals surface area contributed by atoms with E-state index in [4.69, 9.17) is 16.3 Å². The Morgan fingerprint density at radius 1 is 1.16 bits per heavy atom. The van der Waals surface area contributed by atoms with E-state index in [9.17, 15) is 13.6 Å². The third-order valence-corrected chi connectivity index (χ3v) is 3.77. The van der Waals surface area contributed by atoms with Crippen molar-refractivity contribution < 1.29 is 18.3 Å². The molecule has 0 aliphatic heterocycles. The molecule has 0 aliphatic rings. The lowest BCUT2D eigenvalue weighted by atomic mass is 10.1. The Balaban J connectivity index is 1.66. The first kappa shape index (κ1) is 19.1. The number of carbonyl (C=O) groups excluding carboxylic acids is 1. The normalized spacial score (nSPS) is 11.8. The molecule has 2 aromatic rings. The predicted octanol–water partition coefficient (Wildman–Crippen LogP) is 3.46. The van der Waals surface area contributed by atoms with E-state index in [1.54, 1.807) is 31.2 Å². The fourth-order valence-electron chi connectivity index (χ4n) is 2.10. The van der Waals surface area contributed by atoms with Gasteiger partial charge < -0.3 is 15.4 Å². The van der Waals surface area contributed by atoms with Gasteiger partial charge in [0.1, 0.15) is 12.4 Å². The molecular weight excluding hydrogens is 350 g/mol. The van der Waals surface area contributed by atoms with Crippen molar-refractivity contribution in [3.05, 3.63) is 64.7 Å². The van der Waals surface area contributed by atoms with E-state index in [-0.39, 0.29) is 18.5 Å². The minimum absolute atomic E-state index is 0.0567. The quantitative estimate of drug-likeness (QED) is 0.701. The molecule has 2 N–H and O–H groups in total. The second-order valence-electron chi connectivity index (χ2n) is 5.43. The number of hydrogen-bond acceptors (Lipinski definition) is 3. The average molecular weight is 369 g/mol. The van der Waals surface area contributed by atoms with E-state index in [0.717, 1.165) is 12.1 Å². The molecule has 0 saturated carbocycles. The van der Waals surface area contributed by atoms with Crippen LogP contribution in [0.5, 0.6) is 5.75 Å². The van der Waals surface area contributed by atoms with E-state index in [2.05, 4.69) is 10.6 Å². The van der Waals surface area contributed by atoms with Crippen molar-refractivity contribution in [2.45, 2.75) is 13.0 Å². The molecule has 0 aromatic heterocycles. The molecule has 0 radical (unpaired) electrons. The van der Waals surface area contributed by atoms with Gasteiger partial charge in [-0.1, -0.05) is 17.7 Å². The first-order valence-electron chi connectivity index (χ1n) is 7.79. The Labute approximate surface area is 150 Å². The summed E-state index contributed by atoms with van der Waals surface area (Å²) in [4.78, 5) is 11.8. The molecular formula is C18H19ClF2N2O2. The molecule has 1 atom stereocenters. The fourth-order valence-corrected chi connectivity index (χ4v) is 2.22. The lowest BCUT2D eigenvalue weighted by Gasteiger charge is -2.14. The molecule has 2 aromatic carbocycles. The maximum atomic E-state index is 13.2. The Kier molecular flexibility index (Phi) is 7.16. The van der Waals surface area contributed by atoms with E-state index >= 15 is 0 Å². The molecule has 25 heavy (non-hydrogen) atoms. The number of ether oxygens (including phenoxy) is 1. The van der Waals surface area contributed by atoms with E-state index < -0.39 is 11.6 Å². The predicted molar refractivity (Wildman–Crippen MR) is 92.7 cm³/mol. The van der Waals surface area contributed by atoms with Crippen molar-refractivity contribution in [2.75, 3.05) is 19.7 Å². The summed E-state index contributed by atoms with van der Waals surface area (Å²) in [5, 5.41) is 6.29. The molecule has 0 fully saturated rings. The molecule has 0 bridgehead atoms. The Morgan fingerprint density at radius 3 is 2.56 bits per heavy atom. The zero-order valence-corrected chi connectivity index (χ0v) is 14.4. The molecule has 2 rings (SSSR count). The summed E-state index contributed by atoms with van der Waals surface area (Å²) >= 11 is 5.78. The van der Waals surface area contributed by atoms with Gasteiger partial charge in [-0.25, -0.2) is 8.78 Å². The van der Waals surface area contributed by atoms with Crippen LogP contribution < -0.4 is 15.4 Å². The van der Waals surface area contributed by atoms with Gasteiger partial charge in [0.2, 0.25) is 5.91 Å². The van der Waals surface area contributed by atoms with Crippen LogP contribution in [0, 0.1) is 11.6 Å². The third kappa shape index (κ3) is 6.32. The van der Waals surface area contributed by atoms with Crippen LogP contribution in [0.1, 0.15) is 18.5 Å². The Hall–Kier alpha value is -2.18. The number of carbonyl (C=O) groups is 1. The molecule has 0 aliphatic carbocycles. The second-order valence-corrected chi connectivity index (χ2v) is 5.86. The maximum absolute atomic E-state index is 13.2. The second kappa shape index (κ2) is 9.34. The topological polar surface area (TPSA) is 50.4 Å². The molecule has 7 heteroatoms. The molecule has 1 amide bonds. The average Bonchev–Trinajstić information content (AvgIpc) is 2.60. The number of rotatable bonds is 8. The van der Waals surface area contributed by atoms with Crippen molar-refractivity contribution in [3.8, 4) is 5.75 Å². The zero-order chi connectivity index (χ0) is 18.2. The highest BCUT2D eigenvalue weighted by atomic mass is 35.5. The van der Waals surface area contributed by atoms with Crippen LogP contribution in [-0.2, 0) is 4.79 Å². The van der Waals surface area contributed by atoms with Gasteiger partial charge in [-0.2, -0.15) is 0 Å². The number of nitrogens with one attached hydrogen (secondary N) is 2. The van der Waals surface area contributed by atoms with Gasteiger partial charge in [0.05, 0.1) is 13.1 Å². The molecule has 134 valence electrons. The van der Waals surface area contributed by atoms with Crippen molar-refractivity contribution in [1.29, 1.82) is 0 Å². The van der Waals surface area contributed by atoms with Gasteiger partial charge in [-0.15, -0.1) is 0 Å². The number of hydrogen-bond donors (Lipinski definition) is 2. The SMILES string of the molecule is C[C@H](NCC(=O)NCCOc1ccc(Cl)cc1)c1ccc(F)c(F)c1. The molecule has 0 spiro atoms. The van der Waals surface area contributed by atoms with Gasteiger partial charge in [0.25, 0.3) is 0 Å². The lowest BCUT2D eigenvalue weighted by Crippen LogP contribution is -2.37. The Morgan fingerprint density at radius 2 is 1.88 bits per heavy atom. The van der Waals surface area contributed by atoms with E-state index in [1.165, 1.54) is 6.07 Å². The number of benzene rings is 2. The van der Waals surface area contributed by atoms with Crippen LogP contribution in [-0.4, -0.2) is 25.6 Å². The maximum Gasteiger partial charge on any atom is 0.234 e. The summed E-state index contributed by atoms with van der Waals surface area (Å²) < 4.78 is 31.6. The molecule has 4 nitrogen and oxygen atoms in total. The highest BCUT2D eigenvalue weighted by Crippen LogP contribution is 2.16. The van der Waals surface area contributed by atoms with Gasteiger partial charge >= 0.3 is 0 Å². The minimum atomic E-state index is -0.907. The smallest absolute Gasteiger partial charge is 0.234 e. The standard InChI is InChI=1S/C18H19ClF2N2O2/c1-12(13-2-7-16(20)17(21)10-13)23-11-18(24)22-8-9-25-15-5-3-14(19)4-6-15/h2-7,10,12,23H,8-9,11H2,1H3,(H,22,24)/t12-/m0/s1. The van der Waals surface area contributed by atoms with Crippen molar-refractivity contribution in [3.63, 3.8) is 0 Å². The van der Waals surface area contributed by atoms with Crippen LogP contribution >= 0.6 is 11.6 Å². The van der Waals surface area contributed by atoms with Crippen molar-refractivity contribution >= 4 is 17.5 Å². The van der Waals surface area contributed by atoms with Gasteiger partial charge in [-0.05, 0) is 48.9 Å². The summed E-state index contributed by atoms with van der Waals surface area (Å²) in [6, 6.07) is 10.3. The fraction of sp³-hybridized carbons (Fsp3) is 0.278. The lowest BCUT2D eigenvalue weighted by molar-refractivity contribution is -0.120. The van der Waals surface area contributed by atoms with Crippen LogP contribution in [0.3, 0.4) is 0 Å². The van der Waals surface area contributed by atoms with Crippen LogP contribution in [0.2, 0.25) is 5.02 Å². The van der Waals surface area contributed by atoms with Gasteiger partial charge in [-0.3, -0.25) is 4.79 Å². The first-order chi connectivity index (χ1) is 12.0. The van der Waals surface area contributed by atoms with Crippen LogP contribution in [0.15, 0.2) is 42.5 Å². The first-order valence-corrected chi connectivity index (χ1v) is 8.17. The number of amides is 1. The summed E-state index contributed by atoms with van der Waals surface area (Å²) in [7, 11) is 0. The van der Waals surface area contributed by atoms with Crippen molar-refractivity contribution in [2.24, 2.45) is 0 Å². The molecule has 0 unspecified atom stereocenters. The summed E-state index contributed by atoms with van der Waals surface area (Å²) in [5.41, 5.74) is 0.567. The van der Waals surface area contributed by atoms with E-state index in [1.807, 2.05) is 0 Å². The zero-order valence-electron chi connectivity index (χ0n) is 13.7. The van der Waals surface area contributed by atoms with E-state index in [0.29, 0.717) is 29.5 Å². The largest absolute Gasteiger partial charge is 0.492 e. The van der Waals surface area contributed by atoms with Crippen LogP contribution in [0.25, 0.3) is 0 Å². The van der Waals surface area contributed by atoms with Crippen molar-refractivity contribution in [1.82, 2.24) is 10.6 Å². The highest BCUT2D eigenvalue weighted by Gasteiger charge is 2.10. The number of halogens is 3.